The summed E-state index contributed by atoms with van der Waals surface area (Å²) in [5.41, 5.74) is 0. The quantitative estimate of drug-likeness (QED) is 0.702. The Labute approximate surface area is 84.6 Å². The van der Waals surface area contributed by atoms with E-state index in [0.29, 0.717) is 13.0 Å². The minimum atomic E-state index is -0.826. The first kappa shape index (κ1) is 11.5. The van der Waals surface area contributed by atoms with Gasteiger partial charge in [-0.1, -0.05) is 20.3 Å². The summed E-state index contributed by atoms with van der Waals surface area (Å²) in [6.45, 7) is 4.48. The van der Waals surface area contributed by atoms with Gasteiger partial charge < -0.3 is 15.2 Å². The molecule has 0 bridgehead atoms. The SMILES string of the molecule is CCCC(C)C(=O)N[C@H]1CCOC1O. The molecule has 0 saturated carbocycles. The van der Waals surface area contributed by atoms with Crippen LogP contribution in [0.5, 0.6) is 0 Å². The molecule has 2 unspecified atom stereocenters. The van der Waals surface area contributed by atoms with Gasteiger partial charge in [0.15, 0.2) is 6.29 Å². The van der Waals surface area contributed by atoms with Crippen molar-refractivity contribution >= 4 is 5.91 Å². The molecule has 3 atom stereocenters. The number of aliphatic hydroxyl groups excluding tert-OH is 1. The maximum Gasteiger partial charge on any atom is 0.223 e. The number of nitrogens with one attached hydrogen (secondary N) is 1. The van der Waals surface area contributed by atoms with Crippen LogP contribution in [0, 0.1) is 5.92 Å². The highest BCUT2D eigenvalue weighted by atomic mass is 16.6. The van der Waals surface area contributed by atoms with Gasteiger partial charge in [0.1, 0.15) is 0 Å². The largest absolute Gasteiger partial charge is 0.366 e. The van der Waals surface area contributed by atoms with Crippen molar-refractivity contribution in [2.75, 3.05) is 6.61 Å². The third-order valence-corrected chi connectivity index (χ3v) is 2.56. The van der Waals surface area contributed by atoms with Crippen molar-refractivity contribution in [3.8, 4) is 0 Å². The summed E-state index contributed by atoms with van der Waals surface area (Å²) in [7, 11) is 0. The first-order valence-corrected chi connectivity index (χ1v) is 5.25. The Hall–Kier alpha value is -0.610. The molecule has 1 fully saturated rings. The van der Waals surface area contributed by atoms with Crippen molar-refractivity contribution in [3.63, 3.8) is 0 Å². The zero-order valence-electron chi connectivity index (χ0n) is 8.82. The van der Waals surface area contributed by atoms with Crippen LogP contribution in [0.4, 0.5) is 0 Å². The second-order valence-electron chi connectivity index (χ2n) is 3.85. The molecular formula is C10H19NO3. The van der Waals surface area contributed by atoms with Crippen LogP contribution in [0.3, 0.4) is 0 Å². The minimum Gasteiger partial charge on any atom is -0.366 e. The van der Waals surface area contributed by atoms with E-state index in [0.717, 1.165) is 12.8 Å². The fourth-order valence-corrected chi connectivity index (χ4v) is 1.61. The number of carbonyl (C=O) groups excluding carboxylic acids is 1. The van der Waals surface area contributed by atoms with Crippen molar-refractivity contribution in [2.24, 2.45) is 5.92 Å². The Morgan fingerprint density at radius 2 is 2.43 bits per heavy atom. The zero-order valence-corrected chi connectivity index (χ0v) is 8.82. The topological polar surface area (TPSA) is 58.6 Å². The minimum absolute atomic E-state index is 0.0152. The van der Waals surface area contributed by atoms with E-state index in [1.54, 1.807) is 0 Å². The molecule has 82 valence electrons. The second kappa shape index (κ2) is 5.32. The first-order chi connectivity index (χ1) is 6.65. The van der Waals surface area contributed by atoms with E-state index in [-0.39, 0.29) is 17.9 Å². The summed E-state index contributed by atoms with van der Waals surface area (Å²) in [5, 5.41) is 12.1. The van der Waals surface area contributed by atoms with Crippen molar-refractivity contribution in [3.05, 3.63) is 0 Å². The number of hydrogen-bond acceptors (Lipinski definition) is 3. The first-order valence-electron chi connectivity index (χ1n) is 5.25. The predicted octanol–water partition coefficient (Wildman–Crippen LogP) is 0.646. The fraction of sp³-hybridized carbons (Fsp3) is 0.900. The van der Waals surface area contributed by atoms with Crippen LogP contribution < -0.4 is 5.32 Å². The molecule has 1 aliphatic heterocycles. The van der Waals surface area contributed by atoms with E-state index in [1.807, 2.05) is 6.92 Å². The predicted molar refractivity (Wildman–Crippen MR) is 52.6 cm³/mol. The molecule has 0 aromatic heterocycles. The number of aliphatic hydroxyl groups is 1. The van der Waals surface area contributed by atoms with E-state index >= 15 is 0 Å². The van der Waals surface area contributed by atoms with E-state index < -0.39 is 6.29 Å². The smallest absolute Gasteiger partial charge is 0.223 e. The van der Waals surface area contributed by atoms with Gasteiger partial charge in [-0.25, -0.2) is 0 Å². The lowest BCUT2D eigenvalue weighted by atomic mass is 10.0. The highest BCUT2D eigenvalue weighted by Crippen LogP contribution is 2.12. The van der Waals surface area contributed by atoms with Crippen LogP contribution in [0.1, 0.15) is 33.1 Å². The van der Waals surface area contributed by atoms with Crippen molar-refractivity contribution < 1.29 is 14.6 Å². The summed E-state index contributed by atoms with van der Waals surface area (Å²) in [6, 6.07) is -0.221. The van der Waals surface area contributed by atoms with Gasteiger partial charge in [-0.2, -0.15) is 0 Å². The normalized spacial score (nSPS) is 28.8. The van der Waals surface area contributed by atoms with E-state index in [4.69, 9.17) is 4.74 Å². The van der Waals surface area contributed by atoms with Gasteiger partial charge in [0, 0.05) is 5.92 Å². The molecule has 0 aliphatic carbocycles. The Kier molecular flexibility index (Phi) is 4.35. The third-order valence-electron chi connectivity index (χ3n) is 2.56. The zero-order chi connectivity index (χ0) is 10.6. The summed E-state index contributed by atoms with van der Waals surface area (Å²) >= 11 is 0. The number of ether oxygens (including phenoxy) is 1. The number of amides is 1. The van der Waals surface area contributed by atoms with Crippen molar-refractivity contribution in [1.29, 1.82) is 0 Å². The Bertz CT molecular complexity index is 196. The maximum absolute atomic E-state index is 11.6. The van der Waals surface area contributed by atoms with Crippen molar-refractivity contribution in [2.45, 2.75) is 45.4 Å². The summed E-state index contributed by atoms with van der Waals surface area (Å²) in [6.07, 6.45) is 1.76. The molecule has 1 rings (SSSR count). The van der Waals surface area contributed by atoms with Crippen LogP contribution in [0.15, 0.2) is 0 Å². The van der Waals surface area contributed by atoms with Crippen LogP contribution in [0.2, 0.25) is 0 Å². The molecule has 2 N–H and O–H groups in total. The number of hydrogen-bond donors (Lipinski definition) is 2. The monoisotopic (exact) mass is 201 g/mol. The highest BCUT2D eigenvalue weighted by molar-refractivity contribution is 5.78. The highest BCUT2D eigenvalue weighted by Gasteiger charge is 2.28. The lowest BCUT2D eigenvalue weighted by Gasteiger charge is -2.17. The molecule has 0 spiro atoms. The molecule has 1 aliphatic rings. The molecular weight excluding hydrogens is 182 g/mol. The van der Waals surface area contributed by atoms with Gasteiger partial charge in [-0.3, -0.25) is 4.79 Å². The molecule has 1 heterocycles. The lowest BCUT2D eigenvalue weighted by molar-refractivity contribution is -0.128. The van der Waals surface area contributed by atoms with Gasteiger partial charge >= 0.3 is 0 Å². The average molecular weight is 201 g/mol. The van der Waals surface area contributed by atoms with E-state index in [2.05, 4.69) is 12.2 Å². The van der Waals surface area contributed by atoms with Gasteiger partial charge in [0.25, 0.3) is 0 Å². The molecule has 4 nitrogen and oxygen atoms in total. The lowest BCUT2D eigenvalue weighted by Crippen LogP contribution is -2.42. The van der Waals surface area contributed by atoms with Gasteiger partial charge in [0.2, 0.25) is 5.91 Å². The Morgan fingerprint density at radius 1 is 1.71 bits per heavy atom. The molecule has 1 amide bonds. The molecule has 0 aromatic carbocycles. The average Bonchev–Trinajstić information content (AvgIpc) is 2.52. The molecule has 4 heteroatoms. The summed E-state index contributed by atoms with van der Waals surface area (Å²) < 4.78 is 4.95. The Balaban J connectivity index is 2.32. The number of carbonyl (C=O) groups is 1. The van der Waals surface area contributed by atoms with Gasteiger partial charge in [-0.05, 0) is 12.8 Å². The summed E-state index contributed by atoms with van der Waals surface area (Å²) in [4.78, 5) is 11.6. The molecule has 1 saturated heterocycles. The van der Waals surface area contributed by atoms with Crippen LogP contribution in [-0.4, -0.2) is 30.0 Å². The van der Waals surface area contributed by atoms with E-state index in [9.17, 15) is 9.90 Å². The number of rotatable bonds is 4. The van der Waals surface area contributed by atoms with E-state index in [1.165, 1.54) is 0 Å². The third kappa shape index (κ3) is 2.96. The van der Waals surface area contributed by atoms with Crippen LogP contribution in [-0.2, 0) is 9.53 Å². The van der Waals surface area contributed by atoms with Gasteiger partial charge in [0.05, 0.1) is 12.6 Å². The standard InChI is InChI=1S/C10H19NO3/c1-3-4-7(2)9(12)11-8-5-6-14-10(8)13/h7-8,10,13H,3-6H2,1-2H3,(H,11,12)/t7?,8-,10?/m0/s1. The van der Waals surface area contributed by atoms with Crippen LogP contribution >= 0.6 is 0 Å². The maximum atomic E-state index is 11.6. The van der Waals surface area contributed by atoms with Gasteiger partial charge in [-0.15, -0.1) is 0 Å². The second-order valence-corrected chi connectivity index (χ2v) is 3.85. The molecule has 0 aromatic rings. The molecule has 14 heavy (non-hydrogen) atoms. The fourth-order valence-electron chi connectivity index (χ4n) is 1.61. The van der Waals surface area contributed by atoms with Crippen molar-refractivity contribution in [1.82, 2.24) is 5.32 Å². The molecule has 0 radical (unpaired) electrons. The summed E-state index contributed by atoms with van der Waals surface area (Å²) in [5.74, 6) is 0.0363. The van der Waals surface area contributed by atoms with Crippen LogP contribution in [0.25, 0.3) is 0 Å². The Morgan fingerprint density at radius 3 is 2.93 bits per heavy atom.